The largest absolute Gasteiger partial charge is 0.481 e. The molecular formula is C35H39N2O4S5+. The maximum absolute atomic E-state index is 11.0. The van der Waals surface area contributed by atoms with Crippen LogP contribution >= 0.6 is 58.4 Å². The monoisotopic (exact) mass is 711 g/mol. The molecule has 46 heavy (non-hydrogen) atoms. The molecule has 0 bridgehead atoms. The minimum absolute atomic E-state index is 0.114. The van der Waals surface area contributed by atoms with Crippen molar-refractivity contribution >= 4 is 92.3 Å². The molecular weight excluding hydrogens is 673 g/mol. The van der Waals surface area contributed by atoms with Crippen LogP contribution < -0.4 is 9.47 Å². The van der Waals surface area contributed by atoms with Gasteiger partial charge in [0.15, 0.2) is 6.54 Å². The summed E-state index contributed by atoms with van der Waals surface area (Å²) in [7, 11) is 0. The maximum atomic E-state index is 11.0. The summed E-state index contributed by atoms with van der Waals surface area (Å²) in [4.78, 5) is 26.8. The summed E-state index contributed by atoms with van der Waals surface area (Å²) >= 11 is 8.18. The highest BCUT2D eigenvalue weighted by Crippen LogP contribution is 2.47. The summed E-state index contributed by atoms with van der Waals surface area (Å²) in [6.07, 6.45) is 15.3. The first-order valence-electron chi connectivity index (χ1n) is 15.1. The molecule has 0 atom stereocenters. The minimum atomic E-state index is -0.779. The highest BCUT2D eigenvalue weighted by molar-refractivity contribution is 8.03. The van der Waals surface area contributed by atoms with E-state index in [9.17, 15) is 9.59 Å². The standard InChI is InChI=1S/C35H38N2O4S5/c1-35(2)20-24(7-6-10-31-37(14-16-44-23-34(40)41)28-19-26(42-3)11-12-30(28)45-31)17-25(21-35)18-32-36(13-15-43-22-33(38)39)27-8-4-5-9-29(27)46-32/h4-12,17-19H,13-16,20-23H2,1-3H3,(H-,38,39,40,41)/p+1. The molecule has 11 heteroatoms. The van der Waals surface area contributed by atoms with E-state index >= 15 is 0 Å². The van der Waals surface area contributed by atoms with Crippen molar-refractivity contribution < 1.29 is 24.4 Å². The predicted octanol–water partition coefficient (Wildman–Crippen LogP) is 8.69. The van der Waals surface area contributed by atoms with Gasteiger partial charge in [-0.25, -0.2) is 0 Å². The number of aryl methyl sites for hydroxylation is 1. The summed E-state index contributed by atoms with van der Waals surface area (Å²) < 4.78 is 3.56. The third-order valence-electron chi connectivity index (χ3n) is 7.54. The molecule has 1 aliphatic heterocycles. The number of aliphatic carboxylic acids is 2. The summed E-state index contributed by atoms with van der Waals surface area (Å²) in [5.41, 5.74) is 5.08. The van der Waals surface area contributed by atoms with Crippen LogP contribution in [0.4, 0.5) is 5.69 Å². The van der Waals surface area contributed by atoms with Crippen LogP contribution in [0.15, 0.2) is 92.7 Å². The van der Waals surface area contributed by atoms with Crippen LogP contribution in [0.25, 0.3) is 16.3 Å². The zero-order valence-electron chi connectivity index (χ0n) is 26.2. The molecule has 242 valence electrons. The van der Waals surface area contributed by atoms with Crippen molar-refractivity contribution in [3.8, 4) is 0 Å². The summed E-state index contributed by atoms with van der Waals surface area (Å²) in [6.45, 7) is 6.16. The molecule has 5 rings (SSSR count). The number of aromatic nitrogens is 1. The Kier molecular flexibility index (Phi) is 12.1. The molecule has 6 nitrogen and oxygen atoms in total. The molecule has 2 aliphatic rings. The van der Waals surface area contributed by atoms with Gasteiger partial charge < -0.3 is 15.1 Å². The number of thiazole rings is 1. The lowest BCUT2D eigenvalue weighted by molar-refractivity contribution is -0.664. The van der Waals surface area contributed by atoms with Crippen LogP contribution in [0.3, 0.4) is 0 Å². The average molecular weight is 712 g/mol. The number of rotatable bonds is 14. The Morgan fingerprint density at radius 3 is 2.57 bits per heavy atom. The van der Waals surface area contributed by atoms with Crippen molar-refractivity contribution in [2.75, 3.05) is 40.7 Å². The molecule has 1 aromatic heterocycles. The van der Waals surface area contributed by atoms with E-state index in [0.717, 1.165) is 42.5 Å². The number of carbonyl (C=O) groups is 2. The number of hydrogen-bond donors (Lipinski definition) is 2. The molecule has 1 aliphatic carbocycles. The van der Waals surface area contributed by atoms with E-state index < -0.39 is 11.9 Å². The summed E-state index contributed by atoms with van der Waals surface area (Å²) in [5, 5.41) is 20.5. The first kappa shape index (κ1) is 34.8. The van der Waals surface area contributed by atoms with E-state index in [1.807, 2.05) is 0 Å². The van der Waals surface area contributed by atoms with Gasteiger partial charge in [0.2, 0.25) is 5.52 Å². The summed E-state index contributed by atoms with van der Waals surface area (Å²) in [5.74, 6) is 0.156. The van der Waals surface area contributed by atoms with Gasteiger partial charge in [0.1, 0.15) is 4.70 Å². The van der Waals surface area contributed by atoms with Crippen LogP contribution in [0.5, 0.6) is 0 Å². The highest BCUT2D eigenvalue weighted by Gasteiger charge is 2.27. The lowest BCUT2D eigenvalue weighted by atomic mass is 9.75. The van der Waals surface area contributed by atoms with Crippen molar-refractivity contribution in [2.45, 2.75) is 43.0 Å². The predicted molar refractivity (Wildman–Crippen MR) is 200 cm³/mol. The number of para-hydroxylation sites is 1. The number of thioether (sulfide) groups is 4. The van der Waals surface area contributed by atoms with Gasteiger partial charge in [-0.15, -0.1) is 35.3 Å². The highest BCUT2D eigenvalue weighted by atomic mass is 32.2. The van der Waals surface area contributed by atoms with E-state index in [1.54, 1.807) is 34.9 Å². The Morgan fingerprint density at radius 2 is 1.80 bits per heavy atom. The average Bonchev–Trinajstić information content (AvgIpc) is 3.52. The smallest absolute Gasteiger partial charge is 0.313 e. The number of allylic oxidation sites excluding steroid dienone is 6. The normalized spacial score (nSPS) is 17.7. The number of anilines is 1. The van der Waals surface area contributed by atoms with Gasteiger partial charge in [-0.2, -0.15) is 4.57 Å². The molecule has 0 saturated carbocycles. The van der Waals surface area contributed by atoms with Gasteiger partial charge in [0.25, 0.3) is 5.01 Å². The maximum Gasteiger partial charge on any atom is 0.313 e. The molecule has 0 saturated heterocycles. The number of nitrogens with zero attached hydrogens (tertiary/aromatic N) is 2. The number of benzene rings is 2. The Balaban J connectivity index is 1.38. The fourth-order valence-corrected chi connectivity index (χ4v) is 9.65. The topological polar surface area (TPSA) is 81.7 Å². The molecule has 2 aromatic carbocycles. The van der Waals surface area contributed by atoms with Crippen LogP contribution in [-0.4, -0.2) is 58.0 Å². The molecule has 0 amide bonds. The van der Waals surface area contributed by atoms with Crippen LogP contribution in [0.1, 0.15) is 31.7 Å². The zero-order chi connectivity index (χ0) is 32.7. The molecule has 0 radical (unpaired) electrons. The fraction of sp³-hybridized carbons (Fsp3) is 0.343. The Hall–Kier alpha value is -2.57. The lowest BCUT2D eigenvalue weighted by Gasteiger charge is -2.30. The first-order chi connectivity index (χ1) is 22.1. The van der Waals surface area contributed by atoms with Gasteiger partial charge in [-0.05, 0) is 66.0 Å². The summed E-state index contributed by atoms with van der Waals surface area (Å²) in [6, 6.07) is 15.0. The van der Waals surface area contributed by atoms with Crippen molar-refractivity contribution in [3.63, 3.8) is 0 Å². The van der Waals surface area contributed by atoms with Crippen molar-refractivity contribution in [3.05, 3.63) is 88.0 Å². The second kappa shape index (κ2) is 16.0. The Bertz CT molecular complexity index is 1720. The molecule has 0 spiro atoms. The number of carboxylic acids is 2. The Labute approximate surface area is 292 Å². The van der Waals surface area contributed by atoms with E-state index in [-0.39, 0.29) is 16.9 Å². The second-order valence-electron chi connectivity index (χ2n) is 11.9. The third kappa shape index (κ3) is 9.28. The molecule has 3 aromatic rings. The SMILES string of the molecule is CSc1ccc2c(c1)N(CCSCC(=O)O)C(=CC=CC1=CC(=Cc3sc4ccccc4[n+]3CCSCC(=O)O)CC(C)(C)C1)S2. The van der Waals surface area contributed by atoms with Crippen molar-refractivity contribution in [1.82, 2.24) is 0 Å². The van der Waals surface area contributed by atoms with Crippen molar-refractivity contribution in [2.24, 2.45) is 5.41 Å². The van der Waals surface area contributed by atoms with Gasteiger partial charge in [0, 0.05) is 34.2 Å². The number of hydrogen-bond acceptors (Lipinski definition) is 8. The number of carboxylic acid groups (broad SMARTS) is 2. The van der Waals surface area contributed by atoms with Crippen LogP contribution in [0.2, 0.25) is 0 Å². The molecule has 2 N–H and O–H groups in total. The van der Waals surface area contributed by atoms with Crippen LogP contribution in [0, 0.1) is 5.41 Å². The first-order valence-corrected chi connectivity index (χ1v) is 20.2. The van der Waals surface area contributed by atoms with Crippen LogP contribution in [-0.2, 0) is 16.1 Å². The minimum Gasteiger partial charge on any atom is -0.481 e. The lowest BCUT2D eigenvalue weighted by Crippen LogP contribution is -2.36. The van der Waals surface area contributed by atoms with E-state index in [4.69, 9.17) is 10.2 Å². The van der Waals surface area contributed by atoms with Gasteiger partial charge in [-0.1, -0.05) is 67.3 Å². The fourth-order valence-electron chi connectivity index (χ4n) is 5.70. The number of fused-ring (bicyclic) bond motifs is 2. The van der Waals surface area contributed by atoms with Crippen molar-refractivity contribution in [1.29, 1.82) is 0 Å². The molecule has 0 fully saturated rings. The Morgan fingerprint density at radius 1 is 1.04 bits per heavy atom. The zero-order valence-corrected chi connectivity index (χ0v) is 30.3. The van der Waals surface area contributed by atoms with Gasteiger partial charge in [-0.3, -0.25) is 9.59 Å². The van der Waals surface area contributed by atoms with E-state index in [1.165, 1.54) is 65.4 Å². The van der Waals surface area contributed by atoms with Gasteiger partial charge >= 0.3 is 11.9 Å². The van der Waals surface area contributed by atoms with E-state index in [2.05, 4.69) is 102 Å². The van der Waals surface area contributed by atoms with Gasteiger partial charge in [0.05, 0.1) is 28.0 Å². The molecule has 2 heterocycles. The second-order valence-corrected chi connectivity index (χ2v) is 17.1. The third-order valence-corrected chi connectivity index (χ3v) is 12.4. The van der Waals surface area contributed by atoms with E-state index in [0.29, 0.717) is 0 Å². The molecule has 0 unspecified atom stereocenters. The quantitative estimate of drug-likeness (QED) is 0.0970.